The number of hydrogen-bond donors (Lipinski definition) is 2. The number of aromatic nitrogens is 2. The van der Waals surface area contributed by atoms with Gasteiger partial charge in [0.2, 0.25) is 5.95 Å². The van der Waals surface area contributed by atoms with E-state index in [1.54, 1.807) is 0 Å². The van der Waals surface area contributed by atoms with Gasteiger partial charge in [-0.05, 0) is 44.7 Å². The van der Waals surface area contributed by atoms with E-state index in [9.17, 15) is 0 Å². The van der Waals surface area contributed by atoms with Gasteiger partial charge >= 0.3 is 0 Å². The highest BCUT2D eigenvalue weighted by atomic mass is 15.2. The van der Waals surface area contributed by atoms with Crippen LogP contribution in [0.4, 0.5) is 23.1 Å². The fourth-order valence-electron chi connectivity index (χ4n) is 3.06. The summed E-state index contributed by atoms with van der Waals surface area (Å²) in [6.45, 7) is 9.48. The van der Waals surface area contributed by atoms with Crippen LogP contribution in [-0.4, -0.2) is 54.6 Å². The van der Waals surface area contributed by atoms with Crippen LogP contribution in [0, 0.1) is 6.92 Å². The van der Waals surface area contributed by atoms with Crippen LogP contribution in [0.25, 0.3) is 0 Å². The Morgan fingerprint density at radius 3 is 2.46 bits per heavy atom. The van der Waals surface area contributed by atoms with E-state index in [2.05, 4.69) is 68.6 Å². The molecule has 2 N–H and O–H groups in total. The molecule has 0 aliphatic carbocycles. The fraction of sp³-hybridized carbons (Fsp3) is 0.500. The van der Waals surface area contributed by atoms with Gasteiger partial charge in [0.05, 0.1) is 0 Å². The van der Waals surface area contributed by atoms with Crippen molar-refractivity contribution in [1.82, 2.24) is 14.9 Å². The first kappa shape index (κ1) is 18.5. The van der Waals surface area contributed by atoms with Crippen molar-refractivity contribution in [1.29, 1.82) is 0 Å². The smallest absolute Gasteiger partial charge is 0.224 e. The van der Waals surface area contributed by atoms with Crippen LogP contribution in [0.3, 0.4) is 0 Å². The van der Waals surface area contributed by atoms with Crippen LogP contribution in [-0.2, 0) is 0 Å². The van der Waals surface area contributed by atoms with Crippen molar-refractivity contribution >= 4 is 23.1 Å². The number of rotatable bonds is 7. The molecule has 0 radical (unpaired) electrons. The van der Waals surface area contributed by atoms with Crippen molar-refractivity contribution < 1.29 is 0 Å². The molecule has 0 saturated carbocycles. The van der Waals surface area contributed by atoms with Crippen molar-refractivity contribution in [3.63, 3.8) is 0 Å². The maximum atomic E-state index is 4.57. The molecule has 1 aromatic heterocycles. The summed E-state index contributed by atoms with van der Waals surface area (Å²) in [5, 5.41) is 6.69. The molecule has 140 valence electrons. The van der Waals surface area contributed by atoms with E-state index in [1.807, 2.05) is 13.0 Å². The molecule has 6 nitrogen and oxygen atoms in total. The summed E-state index contributed by atoms with van der Waals surface area (Å²) >= 11 is 0. The average Bonchev–Trinajstić information content (AvgIpc) is 2.63. The van der Waals surface area contributed by atoms with E-state index in [0.717, 1.165) is 62.8 Å². The van der Waals surface area contributed by atoms with Gasteiger partial charge in [-0.15, -0.1) is 0 Å². The molecule has 0 amide bonds. The van der Waals surface area contributed by atoms with Crippen molar-refractivity contribution in [3.8, 4) is 0 Å². The van der Waals surface area contributed by atoms with Gasteiger partial charge < -0.3 is 20.4 Å². The molecule has 3 rings (SSSR count). The number of hydrogen-bond acceptors (Lipinski definition) is 6. The molecule has 0 spiro atoms. The summed E-state index contributed by atoms with van der Waals surface area (Å²) in [7, 11) is 2.18. The second-order valence-electron chi connectivity index (χ2n) is 6.96. The standard InChI is InChI=1S/C20H30N6/c1-4-5-10-21-20-22-16(2)15-19(24-20)23-17-6-8-18(9-7-17)26-13-11-25(3)12-14-26/h6-9,15H,4-5,10-14H2,1-3H3,(H2,21,22,23,24). The fourth-order valence-corrected chi connectivity index (χ4v) is 3.06. The summed E-state index contributed by atoms with van der Waals surface area (Å²) in [4.78, 5) is 13.8. The van der Waals surface area contributed by atoms with Gasteiger partial charge in [0.15, 0.2) is 0 Å². The summed E-state index contributed by atoms with van der Waals surface area (Å²) in [5.41, 5.74) is 3.28. The summed E-state index contributed by atoms with van der Waals surface area (Å²) < 4.78 is 0. The number of nitrogens with one attached hydrogen (secondary N) is 2. The minimum atomic E-state index is 0.690. The Morgan fingerprint density at radius 2 is 1.77 bits per heavy atom. The molecule has 0 unspecified atom stereocenters. The normalized spacial score (nSPS) is 15.1. The first-order valence-electron chi connectivity index (χ1n) is 9.54. The van der Waals surface area contributed by atoms with Crippen LogP contribution in [0.2, 0.25) is 0 Å². The Bertz CT molecular complexity index is 692. The van der Waals surface area contributed by atoms with Gasteiger partial charge in [-0.25, -0.2) is 4.98 Å². The quantitative estimate of drug-likeness (QED) is 0.742. The third-order valence-corrected chi connectivity index (χ3v) is 4.68. The second kappa shape index (κ2) is 8.85. The monoisotopic (exact) mass is 354 g/mol. The van der Waals surface area contributed by atoms with E-state index >= 15 is 0 Å². The largest absolute Gasteiger partial charge is 0.369 e. The van der Waals surface area contributed by atoms with E-state index in [4.69, 9.17) is 0 Å². The Balaban J connectivity index is 1.63. The lowest BCUT2D eigenvalue weighted by Crippen LogP contribution is -2.44. The van der Waals surface area contributed by atoms with Gasteiger partial charge in [0.25, 0.3) is 0 Å². The zero-order valence-corrected chi connectivity index (χ0v) is 16.1. The molecule has 0 atom stereocenters. The lowest BCUT2D eigenvalue weighted by atomic mass is 10.2. The Labute approximate surface area is 156 Å². The highest BCUT2D eigenvalue weighted by Crippen LogP contribution is 2.22. The van der Waals surface area contributed by atoms with Gasteiger partial charge in [0.1, 0.15) is 5.82 Å². The number of benzene rings is 1. The Kier molecular flexibility index (Phi) is 6.28. The van der Waals surface area contributed by atoms with Gasteiger partial charge in [-0.3, -0.25) is 0 Å². The third kappa shape index (κ3) is 5.08. The maximum Gasteiger partial charge on any atom is 0.224 e. The minimum Gasteiger partial charge on any atom is -0.369 e. The highest BCUT2D eigenvalue weighted by Gasteiger charge is 2.14. The number of nitrogens with zero attached hydrogens (tertiary/aromatic N) is 4. The van der Waals surface area contributed by atoms with Crippen LogP contribution in [0.5, 0.6) is 0 Å². The van der Waals surface area contributed by atoms with Crippen LogP contribution < -0.4 is 15.5 Å². The predicted octanol–water partition coefficient (Wildman–Crippen LogP) is 3.49. The predicted molar refractivity (Wildman–Crippen MR) is 110 cm³/mol. The number of unbranched alkanes of at least 4 members (excludes halogenated alkanes) is 1. The number of aryl methyl sites for hydroxylation is 1. The topological polar surface area (TPSA) is 56.3 Å². The second-order valence-corrected chi connectivity index (χ2v) is 6.96. The highest BCUT2D eigenvalue weighted by molar-refractivity contribution is 5.61. The Morgan fingerprint density at radius 1 is 1.04 bits per heavy atom. The van der Waals surface area contributed by atoms with Crippen molar-refractivity contribution in [3.05, 3.63) is 36.0 Å². The van der Waals surface area contributed by atoms with Gasteiger partial charge in [-0.1, -0.05) is 13.3 Å². The zero-order chi connectivity index (χ0) is 18.4. The van der Waals surface area contributed by atoms with E-state index < -0.39 is 0 Å². The van der Waals surface area contributed by atoms with E-state index in [0.29, 0.717) is 5.95 Å². The van der Waals surface area contributed by atoms with Gasteiger partial charge in [-0.2, -0.15) is 4.98 Å². The average molecular weight is 355 g/mol. The third-order valence-electron chi connectivity index (χ3n) is 4.68. The van der Waals surface area contributed by atoms with Crippen molar-refractivity contribution in [2.24, 2.45) is 0 Å². The number of likely N-dealkylation sites (N-methyl/N-ethyl adjacent to an activating group) is 1. The molecule has 2 aromatic rings. The van der Waals surface area contributed by atoms with Crippen LogP contribution >= 0.6 is 0 Å². The molecule has 1 aliphatic rings. The van der Waals surface area contributed by atoms with E-state index in [1.165, 1.54) is 5.69 Å². The lowest BCUT2D eigenvalue weighted by molar-refractivity contribution is 0.313. The van der Waals surface area contributed by atoms with Crippen LogP contribution in [0.1, 0.15) is 25.5 Å². The van der Waals surface area contributed by atoms with E-state index in [-0.39, 0.29) is 0 Å². The molecule has 6 heteroatoms. The minimum absolute atomic E-state index is 0.690. The molecule has 26 heavy (non-hydrogen) atoms. The lowest BCUT2D eigenvalue weighted by Gasteiger charge is -2.34. The molecule has 1 aromatic carbocycles. The first-order valence-corrected chi connectivity index (χ1v) is 9.54. The summed E-state index contributed by atoms with van der Waals surface area (Å²) in [5.74, 6) is 1.51. The summed E-state index contributed by atoms with van der Waals surface area (Å²) in [6, 6.07) is 10.6. The molecule has 2 heterocycles. The molecule has 1 aliphatic heterocycles. The van der Waals surface area contributed by atoms with Crippen molar-refractivity contribution in [2.75, 3.05) is 55.3 Å². The SMILES string of the molecule is CCCCNc1nc(C)cc(Nc2ccc(N3CCN(C)CC3)cc2)n1. The van der Waals surface area contributed by atoms with Crippen molar-refractivity contribution in [2.45, 2.75) is 26.7 Å². The molecule has 1 saturated heterocycles. The number of anilines is 4. The molecule has 1 fully saturated rings. The zero-order valence-electron chi connectivity index (χ0n) is 16.1. The van der Waals surface area contributed by atoms with Gasteiger partial charge in [0, 0.05) is 55.9 Å². The maximum absolute atomic E-state index is 4.57. The number of piperazine rings is 1. The summed E-state index contributed by atoms with van der Waals surface area (Å²) in [6.07, 6.45) is 2.28. The van der Waals surface area contributed by atoms with Crippen LogP contribution in [0.15, 0.2) is 30.3 Å². The first-order chi connectivity index (χ1) is 12.6. The molecular formula is C20H30N6. The molecular weight excluding hydrogens is 324 g/mol. The Hall–Kier alpha value is -2.34. The molecule has 0 bridgehead atoms.